The molecule has 25 heavy (non-hydrogen) atoms. The SMILES string of the molecule is CCOC1CC(NCC(C)CN(C)C(=O)OC(C)(C)C)C12CCCC2. The van der Waals surface area contributed by atoms with E-state index < -0.39 is 5.60 Å². The van der Waals surface area contributed by atoms with Gasteiger partial charge in [0.05, 0.1) is 6.10 Å². The smallest absolute Gasteiger partial charge is 0.410 e. The molecule has 0 aliphatic heterocycles. The predicted octanol–water partition coefficient (Wildman–Crippen LogP) is 3.82. The van der Waals surface area contributed by atoms with E-state index in [2.05, 4.69) is 19.2 Å². The molecular formula is C20H38N2O3. The highest BCUT2D eigenvalue weighted by Gasteiger charge is 2.56. The molecule has 0 aromatic carbocycles. The summed E-state index contributed by atoms with van der Waals surface area (Å²) in [7, 11) is 1.82. The topological polar surface area (TPSA) is 50.8 Å². The third-order valence-electron chi connectivity index (χ3n) is 5.69. The molecule has 1 spiro atoms. The van der Waals surface area contributed by atoms with Gasteiger partial charge in [0, 0.05) is 31.7 Å². The molecule has 5 heteroatoms. The number of carbonyl (C=O) groups is 1. The molecule has 2 aliphatic rings. The maximum absolute atomic E-state index is 12.1. The fourth-order valence-corrected chi connectivity index (χ4v) is 4.46. The summed E-state index contributed by atoms with van der Waals surface area (Å²) in [5, 5.41) is 3.77. The van der Waals surface area contributed by atoms with E-state index in [0.29, 0.717) is 30.0 Å². The Morgan fingerprint density at radius 2 is 1.96 bits per heavy atom. The van der Waals surface area contributed by atoms with Crippen LogP contribution in [-0.2, 0) is 9.47 Å². The molecule has 146 valence electrons. The maximum atomic E-state index is 12.1. The van der Waals surface area contributed by atoms with Gasteiger partial charge in [0.25, 0.3) is 0 Å². The van der Waals surface area contributed by atoms with Gasteiger partial charge >= 0.3 is 6.09 Å². The Bertz CT molecular complexity index is 441. The van der Waals surface area contributed by atoms with Crippen molar-refractivity contribution in [2.75, 3.05) is 26.7 Å². The summed E-state index contributed by atoms with van der Waals surface area (Å²) in [6.07, 6.45) is 6.58. The number of hydrogen-bond acceptors (Lipinski definition) is 4. The monoisotopic (exact) mass is 354 g/mol. The van der Waals surface area contributed by atoms with Crippen molar-refractivity contribution in [2.45, 2.75) is 84.5 Å². The Hall–Kier alpha value is -0.810. The van der Waals surface area contributed by atoms with E-state index in [9.17, 15) is 4.79 Å². The van der Waals surface area contributed by atoms with E-state index in [0.717, 1.165) is 19.6 Å². The lowest BCUT2D eigenvalue weighted by Gasteiger charge is -2.54. The van der Waals surface area contributed by atoms with Crippen molar-refractivity contribution in [1.29, 1.82) is 0 Å². The lowest BCUT2D eigenvalue weighted by Crippen LogP contribution is -2.63. The Labute approximate surface area is 153 Å². The average molecular weight is 355 g/mol. The first-order chi connectivity index (χ1) is 11.7. The highest BCUT2D eigenvalue weighted by molar-refractivity contribution is 5.67. The van der Waals surface area contributed by atoms with Crippen molar-refractivity contribution in [3.63, 3.8) is 0 Å². The minimum atomic E-state index is -0.443. The number of hydrogen-bond donors (Lipinski definition) is 1. The molecule has 0 bridgehead atoms. The van der Waals surface area contributed by atoms with Crippen molar-refractivity contribution in [3.05, 3.63) is 0 Å². The standard InChI is InChI=1S/C20H38N2O3/c1-7-24-17-12-16(20(17)10-8-9-11-20)21-13-15(2)14-22(6)18(23)25-19(3,4)5/h15-17,21H,7-14H2,1-6H3. The van der Waals surface area contributed by atoms with Crippen LogP contribution in [-0.4, -0.2) is 55.5 Å². The van der Waals surface area contributed by atoms with Gasteiger partial charge in [0.15, 0.2) is 0 Å². The molecule has 2 fully saturated rings. The van der Waals surface area contributed by atoms with Crippen LogP contribution in [0.25, 0.3) is 0 Å². The van der Waals surface area contributed by atoms with Gasteiger partial charge in [-0.15, -0.1) is 0 Å². The fourth-order valence-electron chi connectivity index (χ4n) is 4.46. The van der Waals surface area contributed by atoms with Crippen molar-refractivity contribution in [1.82, 2.24) is 10.2 Å². The Balaban J connectivity index is 1.76. The lowest BCUT2D eigenvalue weighted by molar-refractivity contribution is -0.130. The number of nitrogens with one attached hydrogen (secondary N) is 1. The minimum Gasteiger partial charge on any atom is -0.444 e. The second-order valence-electron chi connectivity index (χ2n) is 9.05. The number of rotatable bonds is 7. The number of carbonyl (C=O) groups excluding carboxylic acids is 1. The molecule has 0 saturated heterocycles. The minimum absolute atomic E-state index is 0.244. The first-order valence-corrected chi connectivity index (χ1v) is 9.97. The summed E-state index contributed by atoms with van der Waals surface area (Å²) in [6.45, 7) is 12.4. The summed E-state index contributed by atoms with van der Waals surface area (Å²) >= 11 is 0. The normalized spacial score (nSPS) is 26.3. The summed E-state index contributed by atoms with van der Waals surface area (Å²) < 4.78 is 11.4. The maximum Gasteiger partial charge on any atom is 0.410 e. The number of nitrogens with zero attached hydrogens (tertiary/aromatic N) is 1. The van der Waals surface area contributed by atoms with Crippen LogP contribution < -0.4 is 5.32 Å². The van der Waals surface area contributed by atoms with E-state index in [-0.39, 0.29) is 6.09 Å². The Morgan fingerprint density at radius 3 is 2.52 bits per heavy atom. The van der Waals surface area contributed by atoms with Gasteiger partial charge in [-0.2, -0.15) is 0 Å². The first-order valence-electron chi connectivity index (χ1n) is 9.97. The molecule has 2 saturated carbocycles. The van der Waals surface area contributed by atoms with Crippen LogP contribution >= 0.6 is 0 Å². The van der Waals surface area contributed by atoms with Crippen molar-refractivity contribution >= 4 is 6.09 Å². The predicted molar refractivity (Wildman–Crippen MR) is 101 cm³/mol. The van der Waals surface area contributed by atoms with E-state index >= 15 is 0 Å². The van der Waals surface area contributed by atoms with Crippen molar-refractivity contribution in [3.8, 4) is 0 Å². The molecule has 0 radical (unpaired) electrons. The van der Waals surface area contributed by atoms with Gasteiger partial charge in [0.2, 0.25) is 0 Å². The zero-order chi connectivity index (χ0) is 18.7. The van der Waals surface area contributed by atoms with Gasteiger partial charge in [-0.25, -0.2) is 4.79 Å². The lowest BCUT2D eigenvalue weighted by atomic mass is 9.60. The Kier molecular flexibility index (Phi) is 6.77. The average Bonchev–Trinajstić information content (AvgIpc) is 3.01. The van der Waals surface area contributed by atoms with Gasteiger partial charge < -0.3 is 19.7 Å². The summed E-state index contributed by atoms with van der Waals surface area (Å²) in [6, 6.07) is 0.570. The molecule has 1 amide bonds. The molecule has 3 atom stereocenters. The fraction of sp³-hybridized carbons (Fsp3) is 0.950. The molecular weight excluding hydrogens is 316 g/mol. The third kappa shape index (κ3) is 5.10. The largest absolute Gasteiger partial charge is 0.444 e. The zero-order valence-corrected chi connectivity index (χ0v) is 17.1. The summed E-state index contributed by atoms with van der Waals surface area (Å²) in [5.41, 5.74) is -0.0747. The van der Waals surface area contributed by atoms with Crippen LogP contribution in [0.15, 0.2) is 0 Å². The van der Waals surface area contributed by atoms with Crippen molar-refractivity contribution < 1.29 is 14.3 Å². The molecule has 3 unspecified atom stereocenters. The van der Waals surface area contributed by atoms with Gasteiger partial charge in [0.1, 0.15) is 5.60 Å². The zero-order valence-electron chi connectivity index (χ0n) is 17.1. The molecule has 1 N–H and O–H groups in total. The van der Waals surface area contributed by atoms with Crippen LogP contribution in [0, 0.1) is 11.3 Å². The molecule has 0 heterocycles. The number of ether oxygens (including phenoxy) is 2. The highest BCUT2D eigenvalue weighted by atomic mass is 16.6. The van der Waals surface area contributed by atoms with Crippen LogP contribution in [0.5, 0.6) is 0 Å². The quantitative estimate of drug-likeness (QED) is 0.755. The number of amides is 1. The van der Waals surface area contributed by atoms with E-state index in [1.807, 2.05) is 27.8 Å². The second-order valence-corrected chi connectivity index (χ2v) is 9.05. The van der Waals surface area contributed by atoms with Gasteiger partial charge in [-0.05, 0) is 59.4 Å². The van der Waals surface area contributed by atoms with Crippen LogP contribution in [0.3, 0.4) is 0 Å². The molecule has 0 aromatic rings. The van der Waals surface area contributed by atoms with E-state index in [4.69, 9.17) is 9.47 Å². The third-order valence-corrected chi connectivity index (χ3v) is 5.69. The molecule has 2 aliphatic carbocycles. The highest BCUT2D eigenvalue weighted by Crippen LogP contribution is 2.54. The van der Waals surface area contributed by atoms with Crippen molar-refractivity contribution in [2.24, 2.45) is 11.3 Å². The second kappa shape index (κ2) is 8.26. The summed E-state index contributed by atoms with van der Waals surface area (Å²) in [4.78, 5) is 13.8. The van der Waals surface area contributed by atoms with Gasteiger partial charge in [-0.3, -0.25) is 0 Å². The van der Waals surface area contributed by atoms with E-state index in [1.165, 1.54) is 25.7 Å². The molecule has 2 rings (SSSR count). The van der Waals surface area contributed by atoms with E-state index in [1.54, 1.807) is 4.90 Å². The van der Waals surface area contributed by atoms with Crippen LogP contribution in [0.2, 0.25) is 0 Å². The summed E-state index contributed by atoms with van der Waals surface area (Å²) in [5.74, 6) is 0.391. The molecule has 0 aromatic heterocycles. The van der Waals surface area contributed by atoms with Crippen LogP contribution in [0.4, 0.5) is 4.79 Å². The molecule has 5 nitrogen and oxygen atoms in total. The Morgan fingerprint density at radius 1 is 1.32 bits per heavy atom. The van der Waals surface area contributed by atoms with Gasteiger partial charge in [-0.1, -0.05) is 19.8 Å². The van der Waals surface area contributed by atoms with Crippen LogP contribution in [0.1, 0.15) is 66.7 Å². The first kappa shape index (κ1) is 20.5.